The summed E-state index contributed by atoms with van der Waals surface area (Å²) in [4.78, 5) is 18.1. The maximum absolute atomic E-state index is 12.9. The fraction of sp³-hybridized carbons (Fsp3) is 0.471. The summed E-state index contributed by atoms with van der Waals surface area (Å²) in [6, 6.07) is 8.18. The Balaban J connectivity index is 1.65. The highest BCUT2D eigenvalue weighted by atomic mass is 16.5. The molecule has 2 heterocycles. The van der Waals surface area contributed by atoms with E-state index in [0.29, 0.717) is 0 Å². The molecule has 2 fully saturated rings. The van der Waals surface area contributed by atoms with Crippen molar-refractivity contribution in [3.63, 3.8) is 0 Å². The summed E-state index contributed by atoms with van der Waals surface area (Å²) in [5.74, 6) is 0.153. The number of hydrogen-bond acceptors (Lipinski definition) is 2. The van der Waals surface area contributed by atoms with Crippen LogP contribution in [0.15, 0.2) is 30.5 Å². The van der Waals surface area contributed by atoms with Gasteiger partial charge in [0.15, 0.2) is 0 Å². The van der Waals surface area contributed by atoms with Crippen molar-refractivity contribution >= 4 is 16.8 Å². The molecule has 0 unspecified atom stereocenters. The Morgan fingerprint density at radius 1 is 1.24 bits per heavy atom. The minimum atomic E-state index is 0.153. The van der Waals surface area contributed by atoms with Crippen LogP contribution in [0.4, 0.5) is 0 Å². The van der Waals surface area contributed by atoms with E-state index in [1.54, 1.807) is 0 Å². The Labute approximate surface area is 124 Å². The van der Waals surface area contributed by atoms with Gasteiger partial charge in [-0.3, -0.25) is 4.79 Å². The van der Waals surface area contributed by atoms with Gasteiger partial charge in [0.1, 0.15) is 0 Å². The van der Waals surface area contributed by atoms with E-state index in [0.717, 1.165) is 55.3 Å². The third-order valence-corrected chi connectivity index (χ3v) is 4.75. The predicted octanol–water partition coefficient (Wildman–Crippen LogP) is 2.95. The van der Waals surface area contributed by atoms with Gasteiger partial charge in [0, 0.05) is 35.8 Å². The summed E-state index contributed by atoms with van der Waals surface area (Å²) in [7, 11) is 0. The largest absolute Gasteiger partial charge is 0.376 e. The van der Waals surface area contributed by atoms with Crippen LogP contribution in [0.5, 0.6) is 0 Å². The van der Waals surface area contributed by atoms with Gasteiger partial charge in [-0.1, -0.05) is 0 Å². The zero-order valence-corrected chi connectivity index (χ0v) is 12.0. The quantitative estimate of drug-likeness (QED) is 0.875. The molecule has 1 saturated heterocycles. The van der Waals surface area contributed by atoms with Crippen molar-refractivity contribution in [1.29, 1.82) is 0 Å². The molecule has 110 valence electrons. The molecule has 2 atom stereocenters. The van der Waals surface area contributed by atoms with Crippen LogP contribution in [0.25, 0.3) is 10.9 Å². The van der Waals surface area contributed by atoms with Gasteiger partial charge in [0.2, 0.25) is 0 Å². The van der Waals surface area contributed by atoms with Gasteiger partial charge in [-0.05, 0) is 49.9 Å². The third-order valence-electron chi connectivity index (χ3n) is 4.75. The van der Waals surface area contributed by atoms with E-state index in [-0.39, 0.29) is 18.1 Å². The van der Waals surface area contributed by atoms with Gasteiger partial charge < -0.3 is 14.6 Å². The second kappa shape index (κ2) is 5.19. The van der Waals surface area contributed by atoms with E-state index in [9.17, 15) is 4.79 Å². The van der Waals surface area contributed by atoms with Crippen molar-refractivity contribution in [2.24, 2.45) is 0 Å². The molecule has 21 heavy (non-hydrogen) atoms. The molecule has 1 saturated carbocycles. The van der Waals surface area contributed by atoms with Crippen molar-refractivity contribution in [3.05, 3.63) is 36.0 Å². The van der Waals surface area contributed by atoms with Gasteiger partial charge in [-0.15, -0.1) is 0 Å². The van der Waals surface area contributed by atoms with Gasteiger partial charge in [0.05, 0.1) is 12.1 Å². The lowest BCUT2D eigenvalue weighted by atomic mass is 10.1. The van der Waals surface area contributed by atoms with Crippen LogP contribution in [-0.4, -0.2) is 41.1 Å². The number of benzene rings is 1. The molecule has 2 aliphatic rings. The first-order valence-corrected chi connectivity index (χ1v) is 7.83. The number of H-pyrrole nitrogens is 1. The van der Waals surface area contributed by atoms with E-state index >= 15 is 0 Å². The highest BCUT2D eigenvalue weighted by Crippen LogP contribution is 2.30. The Morgan fingerprint density at radius 3 is 3.14 bits per heavy atom. The van der Waals surface area contributed by atoms with Gasteiger partial charge in [0.25, 0.3) is 5.91 Å². The smallest absolute Gasteiger partial charge is 0.254 e. The molecule has 1 aromatic carbocycles. The second-order valence-electron chi connectivity index (χ2n) is 6.04. The molecule has 1 aliphatic carbocycles. The van der Waals surface area contributed by atoms with Crippen LogP contribution in [-0.2, 0) is 4.74 Å². The second-order valence-corrected chi connectivity index (χ2v) is 6.04. The van der Waals surface area contributed by atoms with E-state index in [1.165, 1.54) is 0 Å². The molecule has 1 aliphatic heterocycles. The first-order chi connectivity index (χ1) is 10.3. The van der Waals surface area contributed by atoms with Crippen LogP contribution < -0.4 is 0 Å². The number of aromatic amines is 1. The van der Waals surface area contributed by atoms with Crippen LogP contribution in [0.3, 0.4) is 0 Å². The summed E-state index contributed by atoms with van der Waals surface area (Å²) in [5, 5.41) is 1.09. The maximum Gasteiger partial charge on any atom is 0.254 e. The Kier molecular flexibility index (Phi) is 3.19. The van der Waals surface area contributed by atoms with Crippen LogP contribution in [0, 0.1) is 0 Å². The number of ether oxygens (including phenoxy) is 1. The molecule has 1 N–H and O–H groups in total. The number of nitrogens with zero attached hydrogens (tertiary/aromatic N) is 1. The summed E-state index contributed by atoms with van der Waals surface area (Å²) in [5.41, 5.74) is 1.86. The Hall–Kier alpha value is -1.81. The monoisotopic (exact) mass is 284 g/mol. The standard InChI is InChI=1S/C17H20N2O2/c20-17(13-5-6-14-12(11-13)7-8-18-14)19-9-2-10-21-16-4-1-3-15(16)19/h5-8,11,15-16,18H,1-4,9-10H2/t15-,16-/m0/s1. The predicted molar refractivity (Wildman–Crippen MR) is 81.3 cm³/mol. The number of aromatic nitrogens is 1. The number of rotatable bonds is 1. The van der Waals surface area contributed by atoms with E-state index in [4.69, 9.17) is 4.74 Å². The van der Waals surface area contributed by atoms with Gasteiger partial charge >= 0.3 is 0 Å². The molecule has 2 aromatic rings. The van der Waals surface area contributed by atoms with E-state index in [1.807, 2.05) is 30.5 Å². The summed E-state index contributed by atoms with van der Waals surface area (Å²) in [6.45, 7) is 1.59. The fourth-order valence-corrected chi connectivity index (χ4v) is 3.70. The normalized spacial score (nSPS) is 25.8. The minimum Gasteiger partial charge on any atom is -0.376 e. The fourth-order valence-electron chi connectivity index (χ4n) is 3.70. The van der Waals surface area contributed by atoms with E-state index < -0.39 is 0 Å². The zero-order valence-electron chi connectivity index (χ0n) is 12.0. The number of carbonyl (C=O) groups excluding carboxylic acids is 1. The molecular weight excluding hydrogens is 264 g/mol. The average Bonchev–Trinajstić information content (AvgIpc) is 3.11. The molecule has 4 nitrogen and oxygen atoms in total. The number of carbonyl (C=O) groups is 1. The third kappa shape index (κ3) is 2.23. The SMILES string of the molecule is O=C(c1ccc2[nH]ccc2c1)N1CCCO[C@H]2CCC[C@@H]21. The van der Waals surface area contributed by atoms with Crippen molar-refractivity contribution in [2.75, 3.05) is 13.2 Å². The number of hydrogen-bond donors (Lipinski definition) is 1. The molecule has 1 aromatic heterocycles. The van der Waals surface area contributed by atoms with Crippen LogP contribution >= 0.6 is 0 Å². The van der Waals surface area contributed by atoms with Crippen LogP contribution in [0.1, 0.15) is 36.0 Å². The van der Waals surface area contributed by atoms with Gasteiger partial charge in [-0.25, -0.2) is 0 Å². The molecule has 0 spiro atoms. The topological polar surface area (TPSA) is 45.3 Å². The number of nitrogens with one attached hydrogen (secondary N) is 1. The summed E-state index contributed by atoms with van der Waals surface area (Å²) in [6.07, 6.45) is 6.41. The minimum absolute atomic E-state index is 0.153. The molecular formula is C17H20N2O2. The highest BCUT2D eigenvalue weighted by Gasteiger charge is 2.37. The Morgan fingerprint density at radius 2 is 2.19 bits per heavy atom. The lowest BCUT2D eigenvalue weighted by Crippen LogP contribution is -2.43. The maximum atomic E-state index is 12.9. The van der Waals surface area contributed by atoms with Crippen molar-refractivity contribution in [2.45, 2.75) is 37.8 Å². The molecule has 0 radical (unpaired) electrons. The Bertz CT molecular complexity index is 664. The van der Waals surface area contributed by atoms with Crippen molar-refractivity contribution < 1.29 is 9.53 Å². The molecule has 4 heteroatoms. The zero-order chi connectivity index (χ0) is 14.2. The van der Waals surface area contributed by atoms with Crippen LogP contribution in [0.2, 0.25) is 0 Å². The lowest BCUT2D eigenvalue weighted by molar-refractivity contribution is 0.0297. The molecule has 1 amide bonds. The summed E-state index contributed by atoms with van der Waals surface area (Å²) < 4.78 is 5.90. The first-order valence-electron chi connectivity index (χ1n) is 7.83. The highest BCUT2D eigenvalue weighted by molar-refractivity contribution is 5.98. The first kappa shape index (κ1) is 12.9. The number of fused-ring (bicyclic) bond motifs is 2. The van der Waals surface area contributed by atoms with Crippen molar-refractivity contribution in [3.8, 4) is 0 Å². The van der Waals surface area contributed by atoms with Gasteiger partial charge in [-0.2, -0.15) is 0 Å². The summed E-state index contributed by atoms with van der Waals surface area (Å²) >= 11 is 0. The average molecular weight is 284 g/mol. The number of amides is 1. The molecule has 0 bridgehead atoms. The van der Waals surface area contributed by atoms with Crippen molar-refractivity contribution in [1.82, 2.24) is 9.88 Å². The van der Waals surface area contributed by atoms with E-state index in [2.05, 4.69) is 9.88 Å². The lowest BCUT2D eigenvalue weighted by Gasteiger charge is -2.30. The molecule has 4 rings (SSSR count).